The van der Waals surface area contributed by atoms with E-state index in [2.05, 4.69) is 50.1 Å². The van der Waals surface area contributed by atoms with Crippen molar-refractivity contribution in [3.05, 3.63) is 96.3 Å². The molecular formula is C28H24N4O3. The summed E-state index contributed by atoms with van der Waals surface area (Å²) in [6.45, 7) is 3.24. The second-order valence-corrected chi connectivity index (χ2v) is 9.04. The van der Waals surface area contributed by atoms with Crippen LogP contribution in [-0.2, 0) is 5.41 Å². The van der Waals surface area contributed by atoms with Gasteiger partial charge < -0.3 is 24.0 Å². The molecule has 0 saturated heterocycles. The maximum atomic E-state index is 6.24. The molecule has 7 nitrogen and oxygen atoms in total. The molecule has 0 aliphatic carbocycles. The van der Waals surface area contributed by atoms with Gasteiger partial charge in [-0.3, -0.25) is 0 Å². The van der Waals surface area contributed by atoms with E-state index in [4.69, 9.17) is 14.2 Å². The number of anilines is 3. The molecule has 0 fully saturated rings. The van der Waals surface area contributed by atoms with Gasteiger partial charge in [0.2, 0.25) is 6.79 Å². The minimum atomic E-state index is -0.242. The fraction of sp³-hybridized carbons (Fsp3) is 0.214. The molecule has 5 heterocycles. The van der Waals surface area contributed by atoms with Gasteiger partial charge >= 0.3 is 0 Å². The van der Waals surface area contributed by atoms with E-state index in [0.717, 1.165) is 48.5 Å². The van der Waals surface area contributed by atoms with Crippen LogP contribution in [0.5, 0.6) is 17.2 Å². The fourth-order valence-corrected chi connectivity index (χ4v) is 5.49. The summed E-state index contributed by atoms with van der Waals surface area (Å²) in [5.74, 6) is 4.20. The van der Waals surface area contributed by atoms with Gasteiger partial charge in [-0.25, -0.2) is 9.97 Å². The van der Waals surface area contributed by atoms with Crippen LogP contribution in [0.1, 0.15) is 11.1 Å². The third kappa shape index (κ3) is 3.19. The van der Waals surface area contributed by atoms with E-state index in [1.165, 1.54) is 16.8 Å². The van der Waals surface area contributed by atoms with Crippen molar-refractivity contribution in [2.24, 2.45) is 0 Å². The average molecular weight is 465 g/mol. The van der Waals surface area contributed by atoms with Crippen LogP contribution in [0.25, 0.3) is 0 Å². The minimum absolute atomic E-state index is 0.242. The van der Waals surface area contributed by atoms with Gasteiger partial charge in [0.05, 0.1) is 5.41 Å². The Labute approximate surface area is 203 Å². The van der Waals surface area contributed by atoms with Crippen LogP contribution in [0.3, 0.4) is 0 Å². The lowest BCUT2D eigenvalue weighted by molar-refractivity contribution is 0.173. The summed E-state index contributed by atoms with van der Waals surface area (Å²) in [7, 11) is 0. The molecule has 3 aliphatic rings. The van der Waals surface area contributed by atoms with Gasteiger partial charge in [0.15, 0.2) is 11.5 Å². The molecule has 1 atom stereocenters. The number of hydrogen-bond acceptors (Lipinski definition) is 7. The van der Waals surface area contributed by atoms with Gasteiger partial charge in [-0.1, -0.05) is 30.3 Å². The van der Waals surface area contributed by atoms with Gasteiger partial charge in [-0.05, 0) is 42.0 Å². The molecule has 0 bridgehead atoms. The largest absolute Gasteiger partial charge is 0.492 e. The second-order valence-electron chi connectivity index (χ2n) is 9.04. The number of rotatable bonds is 5. The topological polar surface area (TPSA) is 60.0 Å². The van der Waals surface area contributed by atoms with E-state index < -0.39 is 0 Å². The maximum Gasteiger partial charge on any atom is 0.231 e. The first kappa shape index (κ1) is 20.1. The number of nitrogens with zero attached hydrogens (tertiary/aromatic N) is 4. The third-order valence-electron chi connectivity index (χ3n) is 7.13. The molecule has 0 saturated carbocycles. The standard InChI is InChI=1S/C28H24N4O3/c1-2-8-22-20(7-1)28(18-33-23-16-25-24(15-21(23)28)34-19-35-25)17-31(22)13-14-32(26-9-3-5-11-29-26)27-10-4-6-12-30-27/h1-12,15-16H,13-14,17-19H2. The molecular weight excluding hydrogens is 440 g/mol. The van der Waals surface area contributed by atoms with Crippen LogP contribution < -0.4 is 24.0 Å². The zero-order valence-corrected chi connectivity index (χ0v) is 19.1. The monoisotopic (exact) mass is 464 g/mol. The van der Waals surface area contributed by atoms with E-state index >= 15 is 0 Å². The van der Waals surface area contributed by atoms with Gasteiger partial charge in [0.1, 0.15) is 24.0 Å². The maximum absolute atomic E-state index is 6.24. The quantitative estimate of drug-likeness (QED) is 0.430. The zero-order valence-electron chi connectivity index (χ0n) is 19.1. The fourth-order valence-electron chi connectivity index (χ4n) is 5.49. The number of fused-ring (bicyclic) bond motifs is 5. The molecule has 0 amide bonds. The number of ether oxygens (including phenoxy) is 3. The van der Waals surface area contributed by atoms with Crippen molar-refractivity contribution in [3.63, 3.8) is 0 Å². The van der Waals surface area contributed by atoms with Crippen molar-refractivity contribution in [3.8, 4) is 17.2 Å². The molecule has 4 aromatic rings. The average Bonchev–Trinajstić information content (AvgIpc) is 3.61. The van der Waals surface area contributed by atoms with Crippen LogP contribution in [0.15, 0.2) is 85.2 Å². The number of pyridine rings is 2. The highest BCUT2D eigenvalue weighted by Crippen LogP contribution is 2.54. The zero-order chi connectivity index (χ0) is 23.2. The molecule has 0 radical (unpaired) electrons. The van der Waals surface area contributed by atoms with Gasteiger partial charge in [-0.15, -0.1) is 0 Å². The van der Waals surface area contributed by atoms with Crippen LogP contribution in [0, 0.1) is 0 Å². The number of para-hydroxylation sites is 1. The number of hydrogen-bond donors (Lipinski definition) is 0. The summed E-state index contributed by atoms with van der Waals surface area (Å²) in [5.41, 5.74) is 3.46. The molecule has 2 aromatic heterocycles. The SMILES string of the molecule is c1ccc(N(CCN2CC3(COc4cc5c(cc43)OCO5)c3ccccc32)c2ccccn2)nc1. The predicted octanol–water partition coefficient (Wildman–Crippen LogP) is 4.54. The first-order valence-corrected chi connectivity index (χ1v) is 11.8. The van der Waals surface area contributed by atoms with E-state index in [-0.39, 0.29) is 12.2 Å². The third-order valence-corrected chi connectivity index (χ3v) is 7.13. The van der Waals surface area contributed by atoms with Crippen molar-refractivity contribution in [1.29, 1.82) is 0 Å². The van der Waals surface area contributed by atoms with Crippen LogP contribution in [0.2, 0.25) is 0 Å². The van der Waals surface area contributed by atoms with E-state index in [1.807, 2.05) is 54.9 Å². The van der Waals surface area contributed by atoms with E-state index in [0.29, 0.717) is 6.61 Å². The minimum Gasteiger partial charge on any atom is -0.492 e. The highest BCUT2D eigenvalue weighted by Gasteiger charge is 2.50. The molecule has 1 spiro atoms. The Morgan fingerprint density at radius 1 is 0.771 bits per heavy atom. The molecule has 1 unspecified atom stereocenters. The molecule has 7 heteroatoms. The molecule has 2 aromatic carbocycles. The number of benzene rings is 2. The molecule has 35 heavy (non-hydrogen) atoms. The van der Waals surface area contributed by atoms with Crippen molar-refractivity contribution in [2.45, 2.75) is 5.41 Å². The van der Waals surface area contributed by atoms with Gasteiger partial charge in [-0.2, -0.15) is 0 Å². The van der Waals surface area contributed by atoms with E-state index in [9.17, 15) is 0 Å². The lowest BCUT2D eigenvalue weighted by Gasteiger charge is -2.28. The summed E-state index contributed by atoms with van der Waals surface area (Å²) >= 11 is 0. The van der Waals surface area contributed by atoms with Crippen molar-refractivity contribution < 1.29 is 14.2 Å². The Morgan fingerprint density at radius 3 is 2.23 bits per heavy atom. The first-order valence-electron chi connectivity index (χ1n) is 11.8. The highest BCUT2D eigenvalue weighted by molar-refractivity contribution is 5.71. The van der Waals surface area contributed by atoms with Crippen LogP contribution >= 0.6 is 0 Å². The van der Waals surface area contributed by atoms with Crippen LogP contribution in [-0.4, -0.2) is 43.0 Å². The van der Waals surface area contributed by atoms with Crippen molar-refractivity contribution >= 4 is 17.3 Å². The summed E-state index contributed by atoms with van der Waals surface area (Å²) in [4.78, 5) is 13.8. The van der Waals surface area contributed by atoms with Gasteiger partial charge in [0, 0.05) is 49.3 Å². The Bertz CT molecular complexity index is 1340. The van der Waals surface area contributed by atoms with Crippen molar-refractivity contribution in [2.75, 3.05) is 42.8 Å². The Kier molecular flexibility index (Phi) is 4.55. The van der Waals surface area contributed by atoms with Crippen LogP contribution in [0.4, 0.5) is 17.3 Å². The summed E-state index contributed by atoms with van der Waals surface area (Å²) < 4.78 is 17.5. The van der Waals surface area contributed by atoms with Crippen molar-refractivity contribution in [1.82, 2.24) is 9.97 Å². The smallest absolute Gasteiger partial charge is 0.231 e. The molecule has 3 aliphatic heterocycles. The summed E-state index contributed by atoms with van der Waals surface area (Å²) in [6.07, 6.45) is 3.64. The lowest BCUT2D eigenvalue weighted by atomic mass is 9.77. The number of aromatic nitrogens is 2. The second kappa shape index (κ2) is 7.91. The Morgan fingerprint density at radius 2 is 1.49 bits per heavy atom. The van der Waals surface area contributed by atoms with E-state index in [1.54, 1.807) is 0 Å². The first-order chi connectivity index (χ1) is 17.3. The predicted molar refractivity (Wildman–Crippen MR) is 133 cm³/mol. The lowest BCUT2D eigenvalue weighted by Crippen LogP contribution is -2.39. The summed E-state index contributed by atoms with van der Waals surface area (Å²) in [5, 5.41) is 0. The Hall–Kier alpha value is -4.26. The molecule has 174 valence electrons. The highest BCUT2D eigenvalue weighted by atomic mass is 16.7. The molecule has 0 N–H and O–H groups in total. The molecule has 7 rings (SSSR count). The summed E-state index contributed by atoms with van der Waals surface area (Å²) in [6, 6.07) is 24.7. The normalized spacial score (nSPS) is 18.9. The van der Waals surface area contributed by atoms with Gasteiger partial charge in [0.25, 0.3) is 0 Å². The Balaban J connectivity index is 1.23.